The Morgan fingerprint density at radius 2 is 1.64 bits per heavy atom. The summed E-state index contributed by atoms with van der Waals surface area (Å²) in [5, 5.41) is 19.5. The summed E-state index contributed by atoms with van der Waals surface area (Å²) in [4.78, 5) is 28.0. The molecule has 1 saturated heterocycles. The van der Waals surface area contributed by atoms with Crippen LogP contribution < -0.4 is 15.0 Å². The molecule has 3 aromatic rings. The van der Waals surface area contributed by atoms with Crippen molar-refractivity contribution in [1.82, 2.24) is 15.1 Å². The highest BCUT2D eigenvalue weighted by Gasteiger charge is 2.36. The molecule has 1 N–H and O–H groups in total. The fourth-order valence-electron chi connectivity index (χ4n) is 3.68. The van der Waals surface area contributed by atoms with Crippen LogP contribution in [-0.2, 0) is 6.18 Å². The average molecular weight is 496 g/mol. The number of rotatable bonds is 4. The minimum atomic E-state index is -4.62. The van der Waals surface area contributed by atoms with Gasteiger partial charge in [-0.2, -0.15) is 18.4 Å². The first-order valence-corrected chi connectivity index (χ1v) is 10.8. The number of benzene rings is 2. The molecule has 184 valence electrons. The molecule has 1 fully saturated rings. The van der Waals surface area contributed by atoms with E-state index >= 15 is 0 Å². The number of nitrogens with one attached hydrogen (secondary N) is 1. The summed E-state index contributed by atoms with van der Waals surface area (Å²) >= 11 is 0. The monoisotopic (exact) mass is 496 g/mol. The third kappa shape index (κ3) is 5.52. The SMILES string of the molecule is N#Cc1ccccc1NC(=O)Oc1ccc(N2CCN(C(=O)c3ccccc3C(F)(F)F)CC2)nn1. The third-order valence-electron chi connectivity index (χ3n) is 5.46. The van der Waals surface area contributed by atoms with E-state index in [-0.39, 0.29) is 30.1 Å². The molecular formula is C24H19F3N6O3. The largest absolute Gasteiger partial charge is 0.418 e. The summed E-state index contributed by atoms with van der Waals surface area (Å²) in [5.74, 6) is -0.287. The highest BCUT2D eigenvalue weighted by Crippen LogP contribution is 2.32. The summed E-state index contributed by atoms with van der Waals surface area (Å²) < 4.78 is 44.9. The first-order valence-electron chi connectivity index (χ1n) is 10.8. The van der Waals surface area contributed by atoms with Gasteiger partial charge in [0.1, 0.15) is 6.07 Å². The molecule has 0 aliphatic carbocycles. The van der Waals surface area contributed by atoms with Crippen LogP contribution in [0.5, 0.6) is 5.88 Å². The number of piperazine rings is 1. The minimum absolute atomic E-state index is 0.0664. The van der Waals surface area contributed by atoms with Crippen molar-refractivity contribution in [3.05, 3.63) is 77.4 Å². The Kier molecular flexibility index (Phi) is 7.00. The Morgan fingerprint density at radius 1 is 0.944 bits per heavy atom. The smallest absolute Gasteiger partial charge is 0.389 e. The standard InChI is InChI=1S/C24H19F3N6O3/c25-24(26,27)18-7-3-2-6-17(18)22(34)33-13-11-32(12-14-33)20-9-10-21(31-30-20)36-23(35)29-19-8-4-1-5-16(19)15-28/h1-10H,11-14H2,(H,29,35). The van der Waals surface area contributed by atoms with E-state index in [0.29, 0.717) is 24.6 Å². The van der Waals surface area contributed by atoms with Gasteiger partial charge in [0.15, 0.2) is 5.82 Å². The molecule has 2 aromatic carbocycles. The first-order chi connectivity index (χ1) is 17.3. The van der Waals surface area contributed by atoms with Crippen molar-refractivity contribution >= 4 is 23.5 Å². The zero-order chi connectivity index (χ0) is 25.7. The summed E-state index contributed by atoms with van der Waals surface area (Å²) in [5.41, 5.74) is -0.773. The van der Waals surface area contributed by atoms with E-state index in [0.717, 1.165) is 6.07 Å². The predicted octanol–water partition coefficient (Wildman–Crippen LogP) is 3.94. The first kappa shape index (κ1) is 24.5. The number of hydrogen-bond acceptors (Lipinski definition) is 7. The van der Waals surface area contributed by atoms with Crippen LogP contribution in [0.1, 0.15) is 21.5 Å². The number of halogens is 3. The van der Waals surface area contributed by atoms with Crippen LogP contribution in [0.25, 0.3) is 0 Å². The van der Waals surface area contributed by atoms with Crippen molar-refractivity contribution < 1.29 is 27.5 Å². The van der Waals surface area contributed by atoms with Crippen LogP contribution in [0.4, 0.5) is 29.5 Å². The van der Waals surface area contributed by atoms with Gasteiger partial charge in [-0.15, -0.1) is 10.2 Å². The van der Waals surface area contributed by atoms with E-state index in [1.807, 2.05) is 11.0 Å². The van der Waals surface area contributed by atoms with E-state index in [9.17, 15) is 22.8 Å². The minimum Gasteiger partial charge on any atom is -0.389 e. The topological polar surface area (TPSA) is 111 Å². The molecule has 2 heterocycles. The maximum atomic E-state index is 13.3. The fourth-order valence-corrected chi connectivity index (χ4v) is 3.68. The molecule has 2 amide bonds. The van der Waals surface area contributed by atoms with Crippen LogP contribution in [0.3, 0.4) is 0 Å². The molecule has 0 saturated carbocycles. The lowest BCUT2D eigenvalue weighted by atomic mass is 10.1. The number of hydrogen-bond donors (Lipinski definition) is 1. The molecule has 4 rings (SSSR count). The van der Waals surface area contributed by atoms with Gasteiger partial charge >= 0.3 is 12.3 Å². The van der Waals surface area contributed by atoms with Gasteiger partial charge in [-0.1, -0.05) is 24.3 Å². The van der Waals surface area contributed by atoms with Crippen molar-refractivity contribution in [2.24, 2.45) is 0 Å². The van der Waals surface area contributed by atoms with Gasteiger partial charge in [0.05, 0.1) is 22.4 Å². The number of alkyl halides is 3. The molecule has 36 heavy (non-hydrogen) atoms. The Labute approximate surface area is 203 Å². The number of para-hydroxylation sites is 1. The maximum Gasteiger partial charge on any atom is 0.418 e. The van der Waals surface area contributed by atoms with Gasteiger partial charge in [-0.3, -0.25) is 10.1 Å². The van der Waals surface area contributed by atoms with E-state index in [1.165, 1.54) is 29.2 Å². The van der Waals surface area contributed by atoms with Crippen LogP contribution in [0.15, 0.2) is 60.7 Å². The quantitative estimate of drug-likeness (QED) is 0.582. The van der Waals surface area contributed by atoms with E-state index in [4.69, 9.17) is 10.00 Å². The van der Waals surface area contributed by atoms with Crippen LogP contribution >= 0.6 is 0 Å². The lowest BCUT2D eigenvalue weighted by Gasteiger charge is -2.35. The molecule has 0 radical (unpaired) electrons. The van der Waals surface area contributed by atoms with Crippen molar-refractivity contribution in [3.63, 3.8) is 0 Å². The van der Waals surface area contributed by atoms with Crippen molar-refractivity contribution in [2.75, 3.05) is 36.4 Å². The van der Waals surface area contributed by atoms with Crippen molar-refractivity contribution in [3.8, 4) is 11.9 Å². The molecule has 0 bridgehead atoms. The number of anilines is 2. The Morgan fingerprint density at radius 3 is 2.31 bits per heavy atom. The van der Waals surface area contributed by atoms with Gasteiger partial charge in [0.25, 0.3) is 5.91 Å². The molecular weight excluding hydrogens is 477 g/mol. The van der Waals surface area contributed by atoms with Crippen LogP contribution in [0.2, 0.25) is 0 Å². The second-order valence-electron chi connectivity index (χ2n) is 7.72. The van der Waals surface area contributed by atoms with E-state index < -0.39 is 23.7 Å². The number of carbonyl (C=O) groups excluding carboxylic acids is 2. The van der Waals surface area contributed by atoms with Gasteiger partial charge in [0, 0.05) is 32.2 Å². The van der Waals surface area contributed by atoms with E-state index in [2.05, 4.69) is 15.5 Å². The number of nitriles is 1. The Hall–Kier alpha value is -4.66. The van der Waals surface area contributed by atoms with Crippen molar-refractivity contribution in [1.29, 1.82) is 5.26 Å². The van der Waals surface area contributed by atoms with Gasteiger partial charge < -0.3 is 14.5 Å². The molecule has 9 nitrogen and oxygen atoms in total. The number of carbonyl (C=O) groups is 2. The summed E-state index contributed by atoms with van der Waals surface area (Å²) in [6.45, 7) is 1.07. The summed E-state index contributed by atoms with van der Waals surface area (Å²) in [6.07, 6.45) is -5.46. The molecule has 1 aromatic heterocycles. The lowest BCUT2D eigenvalue weighted by molar-refractivity contribution is -0.138. The highest BCUT2D eigenvalue weighted by molar-refractivity contribution is 5.96. The zero-order valence-corrected chi connectivity index (χ0v) is 18.7. The second-order valence-corrected chi connectivity index (χ2v) is 7.72. The van der Waals surface area contributed by atoms with Crippen LogP contribution in [0, 0.1) is 11.3 Å². The summed E-state index contributed by atoms with van der Waals surface area (Å²) in [7, 11) is 0. The van der Waals surface area contributed by atoms with E-state index in [1.54, 1.807) is 30.3 Å². The number of nitrogens with zero attached hydrogens (tertiary/aromatic N) is 5. The number of ether oxygens (including phenoxy) is 1. The lowest BCUT2D eigenvalue weighted by Crippen LogP contribution is -2.49. The maximum absolute atomic E-state index is 13.3. The summed E-state index contributed by atoms with van der Waals surface area (Å²) in [6, 6.07) is 16.1. The highest BCUT2D eigenvalue weighted by atomic mass is 19.4. The van der Waals surface area contributed by atoms with Crippen LogP contribution in [-0.4, -0.2) is 53.3 Å². The Balaban J connectivity index is 1.34. The molecule has 1 aliphatic rings. The van der Waals surface area contributed by atoms with Crippen molar-refractivity contribution in [2.45, 2.75) is 6.18 Å². The molecule has 12 heteroatoms. The van der Waals surface area contributed by atoms with Gasteiger partial charge in [-0.05, 0) is 30.3 Å². The normalized spacial score (nSPS) is 13.6. The van der Waals surface area contributed by atoms with Gasteiger partial charge in [-0.25, -0.2) is 4.79 Å². The average Bonchev–Trinajstić information content (AvgIpc) is 2.88. The third-order valence-corrected chi connectivity index (χ3v) is 5.46. The predicted molar refractivity (Wildman–Crippen MR) is 122 cm³/mol. The number of aromatic nitrogens is 2. The molecule has 1 aliphatic heterocycles. The molecule has 0 unspecified atom stereocenters. The Bertz CT molecular complexity index is 1300. The number of amides is 2. The fraction of sp³-hybridized carbons (Fsp3) is 0.208. The second kappa shape index (κ2) is 10.3. The zero-order valence-electron chi connectivity index (χ0n) is 18.7. The van der Waals surface area contributed by atoms with Gasteiger partial charge in [0.2, 0.25) is 5.88 Å². The molecule has 0 atom stereocenters. The molecule has 0 spiro atoms.